The SMILES string of the molecule is CCOC(=O)c1ccc(Oc2cccc3c2CCCC3=O)nc1. The van der Waals surface area contributed by atoms with Crippen molar-refractivity contribution in [3.05, 3.63) is 53.2 Å². The molecule has 118 valence electrons. The van der Waals surface area contributed by atoms with Gasteiger partial charge in [-0.2, -0.15) is 0 Å². The van der Waals surface area contributed by atoms with Gasteiger partial charge in [-0.25, -0.2) is 9.78 Å². The van der Waals surface area contributed by atoms with Gasteiger partial charge in [-0.15, -0.1) is 0 Å². The predicted molar refractivity (Wildman–Crippen MR) is 84.0 cm³/mol. The van der Waals surface area contributed by atoms with Crippen LogP contribution in [-0.4, -0.2) is 23.3 Å². The van der Waals surface area contributed by atoms with Crippen LogP contribution in [0.2, 0.25) is 0 Å². The third-order valence-electron chi connectivity index (χ3n) is 3.73. The minimum atomic E-state index is -0.408. The van der Waals surface area contributed by atoms with Crippen LogP contribution in [0.15, 0.2) is 36.5 Å². The minimum Gasteiger partial charge on any atom is -0.462 e. The van der Waals surface area contributed by atoms with Crippen molar-refractivity contribution in [3.63, 3.8) is 0 Å². The van der Waals surface area contributed by atoms with E-state index in [9.17, 15) is 9.59 Å². The van der Waals surface area contributed by atoms with Crippen LogP contribution >= 0.6 is 0 Å². The van der Waals surface area contributed by atoms with Crippen LogP contribution < -0.4 is 4.74 Å². The Morgan fingerprint density at radius 1 is 1.22 bits per heavy atom. The van der Waals surface area contributed by atoms with Crippen LogP contribution in [0.5, 0.6) is 11.6 Å². The van der Waals surface area contributed by atoms with Crippen LogP contribution in [0.1, 0.15) is 46.0 Å². The zero-order valence-corrected chi connectivity index (χ0v) is 12.9. The van der Waals surface area contributed by atoms with Gasteiger partial charge in [0.15, 0.2) is 5.78 Å². The summed E-state index contributed by atoms with van der Waals surface area (Å²) in [5.41, 5.74) is 2.04. The van der Waals surface area contributed by atoms with Crippen LogP contribution in [0.25, 0.3) is 0 Å². The molecule has 23 heavy (non-hydrogen) atoms. The molecule has 1 aliphatic carbocycles. The third kappa shape index (κ3) is 3.23. The zero-order valence-electron chi connectivity index (χ0n) is 12.9. The Morgan fingerprint density at radius 3 is 2.83 bits per heavy atom. The predicted octanol–water partition coefficient (Wildman–Crippen LogP) is 3.57. The number of pyridine rings is 1. The van der Waals surface area contributed by atoms with Crippen molar-refractivity contribution < 1.29 is 19.1 Å². The van der Waals surface area contributed by atoms with Crippen molar-refractivity contribution in [2.75, 3.05) is 6.61 Å². The van der Waals surface area contributed by atoms with E-state index in [0.29, 0.717) is 30.2 Å². The lowest BCUT2D eigenvalue weighted by Crippen LogP contribution is -2.11. The lowest BCUT2D eigenvalue weighted by atomic mass is 9.90. The number of ketones is 1. The fourth-order valence-corrected chi connectivity index (χ4v) is 2.63. The summed E-state index contributed by atoms with van der Waals surface area (Å²) in [6.07, 6.45) is 3.66. The number of esters is 1. The molecule has 0 unspecified atom stereocenters. The third-order valence-corrected chi connectivity index (χ3v) is 3.73. The van der Waals surface area contributed by atoms with E-state index < -0.39 is 5.97 Å². The molecule has 1 heterocycles. The molecule has 0 radical (unpaired) electrons. The summed E-state index contributed by atoms with van der Waals surface area (Å²) >= 11 is 0. The quantitative estimate of drug-likeness (QED) is 0.808. The van der Waals surface area contributed by atoms with E-state index in [2.05, 4.69) is 4.98 Å². The van der Waals surface area contributed by atoms with Gasteiger partial charge in [-0.1, -0.05) is 12.1 Å². The molecule has 3 rings (SSSR count). The first-order chi connectivity index (χ1) is 11.2. The number of nitrogens with zero attached hydrogens (tertiary/aromatic N) is 1. The van der Waals surface area contributed by atoms with E-state index in [1.54, 1.807) is 19.1 Å². The van der Waals surface area contributed by atoms with Gasteiger partial charge < -0.3 is 9.47 Å². The van der Waals surface area contributed by atoms with Gasteiger partial charge in [0.1, 0.15) is 5.75 Å². The number of aromatic nitrogens is 1. The molecule has 0 aliphatic heterocycles. The minimum absolute atomic E-state index is 0.155. The van der Waals surface area contributed by atoms with Gasteiger partial charge in [0.25, 0.3) is 0 Å². The van der Waals surface area contributed by atoms with Gasteiger partial charge in [-0.05, 0) is 31.9 Å². The molecule has 0 saturated carbocycles. The molecule has 1 aromatic carbocycles. The summed E-state index contributed by atoms with van der Waals surface area (Å²) in [7, 11) is 0. The van der Waals surface area contributed by atoms with E-state index in [-0.39, 0.29) is 5.78 Å². The van der Waals surface area contributed by atoms with E-state index in [0.717, 1.165) is 24.0 Å². The van der Waals surface area contributed by atoms with E-state index >= 15 is 0 Å². The van der Waals surface area contributed by atoms with Crippen molar-refractivity contribution in [2.45, 2.75) is 26.2 Å². The Kier molecular flexibility index (Phi) is 4.37. The van der Waals surface area contributed by atoms with E-state index in [1.807, 2.05) is 18.2 Å². The molecule has 0 atom stereocenters. The molecule has 0 amide bonds. The average Bonchev–Trinajstić information content (AvgIpc) is 2.57. The first kappa shape index (κ1) is 15.2. The molecule has 5 nitrogen and oxygen atoms in total. The Morgan fingerprint density at radius 2 is 2.09 bits per heavy atom. The first-order valence-electron chi connectivity index (χ1n) is 7.65. The summed E-state index contributed by atoms with van der Waals surface area (Å²) in [4.78, 5) is 27.7. The van der Waals surface area contributed by atoms with Gasteiger partial charge in [0.05, 0.1) is 12.2 Å². The van der Waals surface area contributed by atoms with Crippen LogP contribution in [0.3, 0.4) is 0 Å². The lowest BCUT2D eigenvalue weighted by molar-refractivity contribution is 0.0525. The standard InChI is InChI=1S/C18H17NO4/c1-2-22-18(21)12-9-10-17(19-11-12)23-16-8-4-5-13-14(16)6-3-7-15(13)20/h4-5,8-11H,2-3,6-7H2,1H3. The highest BCUT2D eigenvalue weighted by atomic mass is 16.5. The van der Waals surface area contributed by atoms with E-state index in [4.69, 9.17) is 9.47 Å². The molecule has 0 saturated heterocycles. The maximum Gasteiger partial charge on any atom is 0.339 e. The average molecular weight is 311 g/mol. The van der Waals surface area contributed by atoms with Crippen molar-refractivity contribution in [1.29, 1.82) is 0 Å². The molecule has 0 N–H and O–H groups in total. The first-order valence-corrected chi connectivity index (χ1v) is 7.65. The second-order valence-corrected chi connectivity index (χ2v) is 5.27. The summed E-state index contributed by atoms with van der Waals surface area (Å²) in [5.74, 6) is 0.771. The number of fused-ring (bicyclic) bond motifs is 1. The highest BCUT2D eigenvalue weighted by Gasteiger charge is 2.20. The maximum atomic E-state index is 11.9. The summed E-state index contributed by atoms with van der Waals surface area (Å²) < 4.78 is 10.7. The largest absolute Gasteiger partial charge is 0.462 e. The molecule has 1 aromatic heterocycles. The van der Waals surface area contributed by atoms with Crippen LogP contribution in [0.4, 0.5) is 0 Å². The number of Topliss-reactive ketones (excluding diaryl/α,β-unsaturated/α-hetero) is 1. The molecule has 2 aromatic rings. The Hall–Kier alpha value is -2.69. The number of hydrogen-bond donors (Lipinski definition) is 0. The number of hydrogen-bond acceptors (Lipinski definition) is 5. The number of carbonyl (C=O) groups is 2. The number of benzene rings is 1. The van der Waals surface area contributed by atoms with Crippen molar-refractivity contribution in [1.82, 2.24) is 4.98 Å². The Balaban J connectivity index is 1.81. The fraction of sp³-hybridized carbons (Fsp3) is 0.278. The summed E-state index contributed by atoms with van der Waals surface area (Å²) in [6.45, 7) is 2.07. The lowest BCUT2D eigenvalue weighted by Gasteiger charge is -2.18. The van der Waals surface area contributed by atoms with Gasteiger partial charge in [-0.3, -0.25) is 4.79 Å². The number of carbonyl (C=O) groups excluding carboxylic acids is 2. The summed E-state index contributed by atoms with van der Waals surface area (Å²) in [5, 5.41) is 0. The summed E-state index contributed by atoms with van der Waals surface area (Å²) in [6, 6.07) is 8.71. The zero-order chi connectivity index (χ0) is 16.2. The van der Waals surface area contributed by atoms with Crippen molar-refractivity contribution in [3.8, 4) is 11.6 Å². The van der Waals surface area contributed by atoms with E-state index in [1.165, 1.54) is 6.20 Å². The molecular weight excluding hydrogens is 294 g/mol. The maximum absolute atomic E-state index is 11.9. The van der Waals surface area contributed by atoms with Crippen LogP contribution in [0, 0.1) is 0 Å². The van der Waals surface area contributed by atoms with Crippen molar-refractivity contribution >= 4 is 11.8 Å². The second kappa shape index (κ2) is 6.60. The molecule has 5 heteroatoms. The fourth-order valence-electron chi connectivity index (χ4n) is 2.63. The number of ether oxygens (including phenoxy) is 2. The second-order valence-electron chi connectivity index (χ2n) is 5.27. The highest BCUT2D eigenvalue weighted by molar-refractivity contribution is 5.99. The number of rotatable bonds is 4. The highest BCUT2D eigenvalue weighted by Crippen LogP contribution is 2.32. The molecule has 0 bridgehead atoms. The normalized spacial score (nSPS) is 13.3. The Bertz CT molecular complexity index is 737. The van der Waals surface area contributed by atoms with Crippen LogP contribution in [-0.2, 0) is 11.2 Å². The molecular formula is C18H17NO4. The molecule has 1 aliphatic rings. The topological polar surface area (TPSA) is 65.5 Å². The van der Waals surface area contributed by atoms with Crippen molar-refractivity contribution in [2.24, 2.45) is 0 Å². The smallest absolute Gasteiger partial charge is 0.339 e. The van der Waals surface area contributed by atoms with Gasteiger partial charge in [0.2, 0.25) is 5.88 Å². The molecule has 0 spiro atoms. The van der Waals surface area contributed by atoms with Gasteiger partial charge in [0, 0.05) is 29.8 Å². The molecule has 0 fully saturated rings. The Labute approximate surface area is 134 Å². The monoisotopic (exact) mass is 311 g/mol. The van der Waals surface area contributed by atoms with Gasteiger partial charge >= 0.3 is 5.97 Å².